The van der Waals surface area contributed by atoms with Crippen molar-refractivity contribution in [2.24, 2.45) is 5.10 Å². The van der Waals surface area contributed by atoms with Gasteiger partial charge in [-0.15, -0.1) is 0 Å². The summed E-state index contributed by atoms with van der Waals surface area (Å²) in [5, 5.41) is 4.13. The lowest BCUT2D eigenvalue weighted by atomic mass is 10.0. The largest absolute Gasteiger partial charge is 0.462 e. The molecule has 0 fully saturated rings. The van der Waals surface area contributed by atoms with E-state index >= 15 is 0 Å². The van der Waals surface area contributed by atoms with Gasteiger partial charge in [-0.1, -0.05) is 15.9 Å². The van der Waals surface area contributed by atoms with Crippen LogP contribution in [0.4, 0.5) is 5.69 Å². The zero-order valence-corrected chi connectivity index (χ0v) is 23.3. The van der Waals surface area contributed by atoms with E-state index in [4.69, 9.17) is 23.7 Å². The molecule has 0 heterocycles. The predicted molar refractivity (Wildman–Crippen MR) is 133 cm³/mol. The van der Waals surface area contributed by atoms with Crippen LogP contribution in [0.1, 0.15) is 34.6 Å². The molecule has 198 valence electrons. The van der Waals surface area contributed by atoms with E-state index in [2.05, 4.69) is 42.4 Å². The number of carbonyl (C=O) groups is 5. The van der Waals surface area contributed by atoms with Crippen LogP contribution in [0.5, 0.6) is 0 Å². The predicted octanol–water partition coefficient (Wildman–Crippen LogP) is 2.86. The monoisotopic (exact) mass is 636 g/mol. The molecule has 0 aliphatic carbocycles. The third kappa shape index (κ3) is 11.6. The lowest BCUT2D eigenvalue weighted by Gasteiger charge is -2.34. The fourth-order valence-corrected chi connectivity index (χ4v) is 3.49. The average Bonchev–Trinajstić information content (AvgIpc) is 2.76. The van der Waals surface area contributed by atoms with Gasteiger partial charge in [0.25, 0.3) is 0 Å². The van der Waals surface area contributed by atoms with E-state index in [0.717, 1.165) is 39.1 Å². The first-order chi connectivity index (χ1) is 16.8. The molecule has 0 radical (unpaired) electrons. The number of halogens is 2. The van der Waals surface area contributed by atoms with Crippen LogP contribution in [0.15, 0.2) is 33.8 Å². The van der Waals surface area contributed by atoms with Gasteiger partial charge in [0.15, 0.2) is 24.4 Å². The molecule has 0 unspecified atom stereocenters. The second-order valence-electron chi connectivity index (χ2n) is 7.18. The number of anilines is 1. The summed E-state index contributed by atoms with van der Waals surface area (Å²) in [5.41, 5.74) is 3.30. The average molecular weight is 638 g/mol. The van der Waals surface area contributed by atoms with Gasteiger partial charge in [-0.25, -0.2) is 0 Å². The van der Waals surface area contributed by atoms with E-state index < -0.39 is 60.9 Å². The van der Waals surface area contributed by atoms with Crippen LogP contribution in [0, 0.1) is 0 Å². The standard InChI is InChI=1S/C22H26Br2N2O10/c1-11(27)32-10-18(33-12(2)28)19(34-13(3)29)20(35-14(4)30)21(36-15(5)31)22(24)26-25-17-8-6-16(23)7-9-17/h6-9,18-21,25H,10H2,1-5H3/b26-22-/t18-,19+,20+,21-/m1/s1. The Bertz CT molecular complexity index is 984. The topological polar surface area (TPSA) is 156 Å². The molecular weight excluding hydrogens is 612 g/mol. The Morgan fingerprint density at radius 1 is 0.778 bits per heavy atom. The minimum Gasteiger partial charge on any atom is -0.462 e. The van der Waals surface area contributed by atoms with Crippen LogP contribution in [-0.4, -0.2) is 65.5 Å². The number of carbonyl (C=O) groups excluding carboxylic acids is 5. The molecule has 1 rings (SSSR count). The van der Waals surface area contributed by atoms with Crippen molar-refractivity contribution in [1.29, 1.82) is 0 Å². The molecule has 1 N–H and O–H groups in total. The number of ether oxygens (including phenoxy) is 5. The van der Waals surface area contributed by atoms with E-state index in [1.54, 1.807) is 24.3 Å². The number of nitrogens with one attached hydrogen (secondary N) is 1. The van der Waals surface area contributed by atoms with Crippen LogP contribution >= 0.6 is 31.9 Å². The van der Waals surface area contributed by atoms with Crippen molar-refractivity contribution in [3.05, 3.63) is 28.7 Å². The number of hydrogen-bond acceptors (Lipinski definition) is 12. The molecule has 0 aliphatic rings. The molecule has 0 spiro atoms. The van der Waals surface area contributed by atoms with E-state index in [-0.39, 0.29) is 4.62 Å². The van der Waals surface area contributed by atoms with Crippen LogP contribution in [0.2, 0.25) is 0 Å². The molecule has 0 saturated carbocycles. The highest BCUT2D eigenvalue weighted by atomic mass is 79.9. The summed E-state index contributed by atoms with van der Waals surface area (Å²) in [6, 6.07) is 6.92. The first kappa shape index (κ1) is 31.0. The Kier molecular flexibility index (Phi) is 13.1. The van der Waals surface area contributed by atoms with E-state index in [1.165, 1.54) is 0 Å². The number of benzene rings is 1. The Morgan fingerprint density at radius 3 is 1.75 bits per heavy atom. The first-order valence-corrected chi connectivity index (χ1v) is 12.0. The number of rotatable bonds is 12. The summed E-state index contributed by atoms with van der Waals surface area (Å²) in [6.07, 6.45) is -6.07. The van der Waals surface area contributed by atoms with E-state index in [9.17, 15) is 24.0 Å². The van der Waals surface area contributed by atoms with E-state index in [0.29, 0.717) is 5.69 Å². The van der Waals surface area contributed by atoms with Crippen molar-refractivity contribution in [3.63, 3.8) is 0 Å². The maximum Gasteiger partial charge on any atom is 0.303 e. The smallest absolute Gasteiger partial charge is 0.303 e. The molecule has 0 saturated heterocycles. The Hall–Kier alpha value is -3.00. The Labute approximate surface area is 224 Å². The van der Waals surface area contributed by atoms with Gasteiger partial charge in [0.05, 0.1) is 5.69 Å². The van der Waals surface area contributed by atoms with Gasteiger partial charge in [-0.2, -0.15) is 5.10 Å². The molecule has 0 aromatic heterocycles. The lowest BCUT2D eigenvalue weighted by molar-refractivity contribution is -0.197. The fraction of sp³-hybridized carbons (Fsp3) is 0.455. The summed E-state index contributed by atoms with van der Waals surface area (Å²) in [6.45, 7) is 4.88. The maximum atomic E-state index is 12.0. The van der Waals surface area contributed by atoms with Crippen LogP contribution in [0.25, 0.3) is 0 Å². The van der Waals surface area contributed by atoms with Crippen LogP contribution < -0.4 is 5.43 Å². The molecule has 36 heavy (non-hydrogen) atoms. The van der Waals surface area contributed by atoms with Crippen molar-refractivity contribution in [1.82, 2.24) is 0 Å². The van der Waals surface area contributed by atoms with Gasteiger partial charge in [0.1, 0.15) is 11.2 Å². The third-order valence-corrected chi connectivity index (χ3v) is 5.18. The molecule has 1 aromatic carbocycles. The molecule has 4 atom stereocenters. The molecule has 1 aromatic rings. The highest BCUT2D eigenvalue weighted by Gasteiger charge is 2.45. The fourth-order valence-electron chi connectivity index (χ4n) is 2.78. The quantitative estimate of drug-likeness (QED) is 0.156. The number of esters is 5. The zero-order chi connectivity index (χ0) is 27.4. The normalized spacial score (nSPS) is 14.4. The summed E-state index contributed by atoms with van der Waals surface area (Å²) < 4.78 is 26.9. The highest BCUT2D eigenvalue weighted by molar-refractivity contribution is 9.18. The number of hydrogen-bond donors (Lipinski definition) is 1. The summed E-state index contributed by atoms with van der Waals surface area (Å²) in [7, 11) is 0. The van der Waals surface area contributed by atoms with Gasteiger partial charge in [-0.3, -0.25) is 29.4 Å². The van der Waals surface area contributed by atoms with Gasteiger partial charge in [0.2, 0.25) is 0 Å². The Morgan fingerprint density at radius 2 is 1.28 bits per heavy atom. The SMILES string of the molecule is CC(=O)OC[C@@H](OC(C)=O)[C@H](OC(C)=O)[C@H](OC(C)=O)[C@@H](OC(C)=O)/C(Br)=N/Nc1ccc(Br)cc1. The summed E-state index contributed by atoms with van der Waals surface area (Å²) in [5.74, 6) is -4.00. The molecule has 12 nitrogen and oxygen atoms in total. The van der Waals surface area contributed by atoms with Gasteiger partial charge < -0.3 is 23.7 Å². The van der Waals surface area contributed by atoms with Crippen LogP contribution in [0.3, 0.4) is 0 Å². The second-order valence-corrected chi connectivity index (χ2v) is 8.91. The number of hydrazone groups is 1. The summed E-state index contributed by atoms with van der Waals surface area (Å²) >= 11 is 6.53. The van der Waals surface area contributed by atoms with Crippen molar-refractivity contribution in [2.75, 3.05) is 12.0 Å². The molecule has 0 amide bonds. The van der Waals surface area contributed by atoms with Crippen molar-refractivity contribution >= 4 is 72.0 Å². The van der Waals surface area contributed by atoms with Crippen molar-refractivity contribution < 1.29 is 47.7 Å². The van der Waals surface area contributed by atoms with Crippen molar-refractivity contribution in [2.45, 2.75) is 59.0 Å². The zero-order valence-electron chi connectivity index (χ0n) is 20.1. The summed E-state index contributed by atoms with van der Waals surface area (Å²) in [4.78, 5) is 59.0. The highest BCUT2D eigenvalue weighted by Crippen LogP contribution is 2.23. The molecule has 0 bridgehead atoms. The minimum absolute atomic E-state index is 0.0712. The first-order valence-electron chi connectivity index (χ1n) is 10.4. The molecular formula is C22H26Br2N2O10. The van der Waals surface area contributed by atoms with E-state index in [1.807, 2.05) is 0 Å². The molecule has 0 aliphatic heterocycles. The van der Waals surface area contributed by atoms with Gasteiger partial charge in [-0.05, 0) is 40.2 Å². The number of nitrogens with zero attached hydrogens (tertiary/aromatic N) is 1. The van der Waals surface area contributed by atoms with Gasteiger partial charge in [0, 0.05) is 39.1 Å². The second kappa shape index (κ2) is 15.2. The van der Waals surface area contributed by atoms with Gasteiger partial charge >= 0.3 is 29.8 Å². The van der Waals surface area contributed by atoms with Crippen LogP contribution in [-0.2, 0) is 47.7 Å². The molecule has 14 heteroatoms. The minimum atomic E-state index is -1.58. The maximum absolute atomic E-state index is 12.0. The Balaban J connectivity index is 3.52. The lowest BCUT2D eigenvalue weighted by Crippen LogP contribution is -2.54. The third-order valence-electron chi connectivity index (χ3n) is 4.02. The van der Waals surface area contributed by atoms with Crippen molar-refractivity contribution in [3.8, 4) is 0 Å².